The molecule has 8 heavy (non-hydrogen) atoms. The average molecular weight is 140 g/mol. The Labute approximate surface area is 49.5 Å². The topological polar surface area (TPSA) is 66.0 Å². The van der Waals surface area contributed by atoms with E-state index in [1.54, 1.807) is 0 Å². The third kappa shape index (κ3) is 4.43. The number of hydrogen-bond donors (Lipinski definition) is 1. The molecule has 3 N–H and O–H groups in total. The van der Waals surface area contributed by atoms with Crippen molar-refractivity contribution in [1.29, 1.82) is 0 Å². The summed E-state index contributed by atoms with van der Waals surface area (Å²) in [5, 5.41) is 0. The maximum absolute atomic E-state index is 10.2. The molecule has 0 aromatic heterocycles. The lowest BCUT2D eigenvalue weighted by atomic mass is 10.5. The van der Waals surface area contributed by atoms with Crippen molar-refractivity contribution >= 4 is 8.60 Å². The first-order valence-corrected chi connectivity index (χ1v) is 3.62. The van der Waals surface area contributed by atoms with Crippen LogP contribution in [-0.4, -0.2) is 6.61 Å². The fourth-order valence-corrected chi connectivity index (χ4v) is 0.681. The van der Waals surface area contributed by atoms with Gasteiger partial charge in [-0.25, -0.2) is 0 Å². The normalized spacial score (nSPS) is 13.9. The Morgan fingerprint density at radius 2 is 2.38 bits per heavy atom. The van der Waals surface area contributed by atoms with E-state index >= 15 is 0 Å². The van der Waals surface area contributed by atoms with Crippen LogP contribution < -0.4 is 5.90 Å². The number of hydrogen-bond acceptors (Lipinski definition) is 2. The fraction of sp³-hybridized carbons (Fsp3) is 1.00. The highest BCUT2D eigenvalue weighted by Gasteiger charge is 2.16. The summed E-state index contributed by atoms with van der Waals surface area (Å²) in [7, 11) is -2.25. The molecule has 0 fully saturated rings. The first-order chi connectivity index (χ1) is 3.81. The van der Waals surface area contributed by atoms with E-state index in [1.165, 1.54) is 0 Å². The molecule has 0 aromatic rings. The minimum atomic E-state index is -2.25. The third-order valence-electron chi connectivity index (χ3n) is 0.542. The zero-order valence-electron chi connectivity index (χ0n) is 4.85. The van der Waals surface area contributed by atoms with Gasteiger partial charge >= 0.3 is 8.60 Å². The van der Waals surface area contributed by atoms with E-state index in [0.717, 1.165) is 6.42 Å². The van der Waals surface area contributed by atoms with Gasteiger partial charge < -0.3 is 0 Å². The van der Waals surface area contributed by atoms with Gasteiger partial charge in [0.05, 0.1) is 6.61 Å². The molecule has 0 bridgehead atoms. The van der Waals surface area contributed by atoms with Crippen molar-refractivity contribution in [2.75, 3.05) is 6.61 Å². The van der Waals surface area contributed by atoms with Crippen molar-refractivity contribution < 1.29 is 19.9 Å². The van der Waals surface area contributed by atoms with E-state index in [0.29, 0.717) is 6.61 Å². The molecule has 0 amide bonds. The Bertz CT molecular complexity index is 53.8. The predicted molar refractivity (Wildman–Crippen MR) is 29.2 cm³/mol. The lowest BCUT2D eigenvalue weighted by Gasteiger charge is -1.89. The molecule has 0 aromatic carbocycles. The van der Waals surface area contributed by atoms with Crippen LogP contribution in [0.2, 0.25) is 0 Å². The summed E-state index contributed by atoms with van der Waals surface area (Å²) in [6.07, 6.45) is 0.847. The molecule has 4 nitrogen and oxygen atoms in total. The largest absolute Gasteiger partial charge is 0.506 e. The molecule has 1 radical (unpaired) electrons. The van der Waals surface area contributed by atoms with Gasteiger partial charge in [-0.3, -0.25) is 0 Å². The Hall–Kier alpha value is 0.270. The standard InChI is InChI=1S/C3H11NO3P/c1-2-3-6-8(5)7-4/h8H,2-3H2,1,4H3/q+2. The van der Waals surface area contributed by atoms with Gasteiger partial charge in [-0.15, -0.1) is 0 Å². The average Bonchev–Trinajstić information content (AvgIpc) is 1.83. The molecular weight excluding hydrogens is 129 g/mol. The second kappa shape index (κ2) is 5.41. The van der Waals surface area contributed by atoms with Crippen LogP contribution in [0.1, 0.15) is 13.3 Å². The van der Waals surface area contributed by atoms with E-state index in [1.807, 2.05) is 6.92 Å². The molecule has 5 heteroatoms. The SMILES string of the molecule is CCCO[PH+]([O])O[NH3+]. The van der Waals surface area contributed by atoms with Gasteiger partial charge in [0.25, 0.3) is 0 Å². The van der Waals surface area contributed by atoms with E-state index in [-0.39, 0.29) is 0 Å². The molecule has 0 spiro atoms. The minimum absolute atomic E-state index is 0.479. The zero-order valence-corrected chi connectivity index (χ0v) is 5.85. The van der Waals surface area contributed by atoms with Gasteiger partial charge in [-0.05, 0) is 6.42 Å². The number of rotatable bonds is 4. The first kappa shape index (κ1) is 8.27. The molecule has 0 aliphatic rings. The quantitative estimate of drug-likeness (QED) is 0.440. The monoisotopic (exact) mass is 140 g/mol. The van der Waals surface area contributed by atoms with Gasteiger partial charge in [0.15, 0.2) is 0 Å². The highest BCUT2D eigenvalue weighted by molar-refractivity contribution is 7.40. The Morgan fingerprint density at radius 1 is 1.75 bits per heavy atom. The highest BCUT2D eigenvalue weighted by Crippen LogP contribution is 2.29. The van der Waals surface area contributed by atoms with Crippen molar-refractivity contribution in [2.45, 2.75) is 13.3 Å². The lowest BCUT2D eigenvalue weighted by molar-refractivity contribution is -0.640. The molecule has 0 aliphatic carbocycles. The molecular formula is C3H11NO3P+2. The summed E-state index contributed by atoms with van der Waals surface area (Å²) in [4.78, 5) is 10.2. The molecule has 1 unspecified atom stereocenters. The molecule has 0 heterocycles. The van der Waals surface area contributed by atoms with Gasteiger partial charge in [-0.2, -0.15) is 10.4 Å². The van der Waals surface area contributed by atoms with Gasteiger partial charge in [0.1, 0.15) is 0 Å². The molecule has 1 atom stereocenters. The fourth-order valence-electron chi connectivity index (χ4n) is 0.227. The molecule has 0 aliphatic heterocycles. The Morgan fingerprint density at radius 3 is 2.75 bits per heavy atom. The van der Waals surface area contributed by atoms with Crippen molar-refractivity contribution in [3.63, 3.8) is 0 Å². The van der Waals surface area contributed by atoms with Crippen LogP contribution in [0.4, 0.5) is 0 Å². The Balaban J connectivity index is 2.86. The van der Waals surface area contributed by atoms with Gasteiger partial charge in [0, 0.05) is 9.52 Å². The van der Waals surface area contributed by atoms with Crippen LogP contribution in [0.3, 0.4) is 0 Å². The van der Waals surface area contributed by atoms with Crippen LogP contribution in [0.5, 0.6) is 0 Å². The second-order valence-electron chi connectivity index (χ2n) is 1.24. The lowest BCUT2D eigenvalue weighted by Crippen LogP contribution is -2.46. The maximum atomic E-state index is 10.2. The summed E-state index contributed by atoms with van der Waals surface area (Å²) in [6.45, 7) is 2.41. The summed E-state index contributed by atoms with van der Waals surface area (Å²) >= 11 is 0. The van der Waals surface area contributed by atoms with Crippen molar-refractivity contribution in [3.8, 4) is 0 Å². The maximum Gasteiger partial charge on any atom is 0.506 e. The van der Waals surface area contributed by atoms with E-state index in [9.17, 15) is 4.89 Å². The smallest absolute Gasteiger partial charge is 0.173 e. The van der Waals surface area contributed by atoms with E-state index < -0.39 is 8.60 Å². The van der Waals surface area contributed by atoms with Crippen LogP contribution in [0, 0.1) is 0 Å². The summed E-state index contributed by atoms with van der Waals surface area (Å²) in [5.74, 6) is 2.95. The third-order valence-corrected chi connectivity index (χ3v) is 1.22. The zero-order chi connectivity index (χ0) is 6.41. The van der Waals surface area contributed by atoms with Gasteiger partial charge in [0.2, 0.25) is 0 Å². The van der Waals surface area contributed by atoms with Crippen molar-refractivity contribution in [2.24, 2.45) is 0 Å². The van der Waals surface area contributed by atoms with Crippen molar-refractivity contribution in [1.82, 2.24) is 0 Å². The van der Waals surface area contributed by atoms with Crippen LogP contribution in [-0.2, 0) is 14.0 Å². The summed E-state index contributed by atoms with van der Waals surface area (Å²) < 4.78 is 8.73. The molecule has 0 rings (SSSR count). The Kier molecular flexibility index (Phi) is 5.59. The second-order valence-corrected chi connectivity index (χ2v) is 2.32. The first-order valence-electron chi connectivity index (χ1n) is 2.40. The van der Waals surface area contributed by atoms with Crippen LogP contribution in [0.15, 0.2) is 0 Å². The summed E-state index contributed by atoms with van der Waals surface area (Å²) in [6, 6.07) is 0. The van der Waals surface area contributed by atoms with Crippen LogP contribution in [0.25, 0.3) is 0 Å². The number of quaternary nitrogens is 1. The van der Waals surface area contributed by atoms with E-state index in [4.69, 9.17) is 0 Å². The minimum Gasteiger partial charge on any atom is -0.173 e. The predicted octanol–water partition coefficient (Wildman–Crippen LogP) is -0.0238. The molecule has 0 saturated heterocycles. The molecule has 0 saturated carbocycles. The highest BCUT2D eigenvalue weighted by atomic mass is 31.2. The summed E-state index contributed by atoms with van der Waals surface area (Å²) in [5.41, 5.74) is 0. The van der Waals surface area contributed by atoms with Crippen LogP contribution >= 0.6 is 8.60 Å². The van der Waals surface area contributed by atoms with Crippen molar-refractivity contribution in [3.05, 3.63) is 0 Å². The molecule has 49 valence electrons. The van der Waals surface area contributed by atoms with Gasteiger partial charge in [-0.1, -0.05) is 6.92 Å². The van der Waals surface area contributed by atoms with E-state index in [2.05, 4.69) is 15.0 Å².